The lowest BCUT2D eigenvalue weighted by atomic mass is 9.95. The number of fused-ring (bicyclic) bond motifs is 2. The summed E-state index contributed by atoms with van der Waals surface area (Å²) in [6.45, 7) is 6.12. The summed E-state index contributed by atoms with van der Waals surface area (Å²) in [4.78, 5) is 24.6. The van der Waals surface area contributed by atoms with Crippen LogP contribution in [0.2, 0.25) is 0 Å². The first kappa shape index (κ1) is 27.2. The van der Waals surface area contributed by atoms with Crippen LogP contribution in [-0.4, -0.2) is 71.3 Å². The highest BCUT2D eigenvalue weighted by Crippen LogP contribution is 2.65. The molecule has 2 aromatic heterocycles. The summed E-state index contributed by atoms with van der Waals surface area (Å²) in [5.41, 5.74) is 8.00. The molecule has 0 radical (unpaired) electrons. The van der Waals surface area contributed by atoms with Crippen molar-refractivity contribution in [3.05, 3.63) is 36.7 Å². The number of nitrogens with zero attached hydrogens (tertiary/aromatic N) is 4. The summed E-state index contributed by atoms with van der Waals surface area (Å²) in [7, 11) is -4.35. The van der Waals surface area contributed by atoms with Crippen molar-refractivity contribution < 1.29 is 38.1 Å². The second kappa shape index (κ2) is 9.40. The average molecular weight is 564 g/mol. The van der Waals surface area contributed by atoms with E-state index < -0.39 is 55.5 Å². The fraction of sp³-hybridized carbons (Fsp3) is 0.478. The first-order chi connectivity index (χ1) is 18.3. The van der Waals surface area contributed by atoms with E-state index in [0.717, 1.165) is 0 Å². The minimum Gasteiger partial charge on any atom is -0.462 e. The third kappa shape index (κ3) is 4.60. The molecule has 2 aliphatic rings. The molecular weight excluding hydrogens is 533 g/mol. The van der Waals surface area contributed by atoms with E-state index in [0.29, 0.717) is 0 Å². The van der Waals surface area contributed by atoms with Crippen molar-refractivity contribution in [3.63, 3.8) is 0 Å². The van der Waals surface area contributed by atoms with Gasteiger partial charge in [0.15, 0.2) is 23.3 Å². The van der Waals surface area contributed by atoms with Gasteiger partial charge in [0.2, 0.25) is 5.95 Å². The molecule has 15 nitrogen and oxygen atoms in total. The van der Waals surface area contributed by atoms with Gasteiger partial charge in [-0.05, 0) is 39.8 Å². The average Bonchev–Trinajstić information content (AvgIpc) is 3.10. The maximum Gasteiger partial charge on any atom is 0.459 e. The van der Waals surface area contributed by atoms with Crippen molar-refractivity contribution in [1.29, 1.82) is 0 Å². The zero-order valence-electron chi connectivity index (χ0n) is 21.6. The molecule has 1 aliphatic carbocycles. The van der Waals surface area contributed by atoms with Gasteiger partial charge in [0.05, 0.1) is 12.4 Å². The molecule has 1 aliphatic heterocycles. The molecule has 3 heterocycles. The number of nitrogens with two attached hydrogens (primary N) is 2. The second-order valence-electron chi connectivity index (χ2n) is 9.94. The minimum absolute atomic E-state index is 0.0363. The quantitative estimate of drug-likeness (QED) is 0.180. The van der Waals surface area contributed by atoms with Crippen molar-refractivity contribution >= 4 is 36.6 Å². The van der Waals surface area contributed by atoms with Crippen molar-refractivity contribution in [1.82, 2.24) is 24.6 Å². The Hall–Kier alpha value is -3.33. The van der Waals surface area contributed by atoms with Gasteiger partial charge >= 0.3 is 13.7 Å². The lowest BCUT2D eigenvalue weighted by Crippen LogP contribution is -2.49. The smallest absolute Gasteiger partial charge is 0.459 e. The number of hydrogen-bond acceptors (Lipinski definition) is 13. The Balaban J connectivity index is 1.40. The Bertz CT molecular complexity index is 1450. The molecule has 1 saturated carbocycles. The third-order valence-electron chi connectivity index (χ3n) is 6.60. The summed E-state index contributed by atoms with van der Waals surface area (Å²) in [5, 5.41) is 25.5. The van der Waals surface area contributed by atoms with Gasteiger partial charge in [-0.1, -0.05) is 18.2 Å². The van der Waals surface area contributed by atoms with E-state index in [1.165, 1.54) is 24.7 Å². The topological polar surface area (TPSA) is 219 Å². The monoisotopic (exact) mass is 563 g/mol. The number of para-hydroxylation sites is 1. The molecular formula is C23H30N7O8P. The predicted molar refractivity (Wildman–Crippen MR) is 137 cm³/mol. The van der Waals surface area contributed by atoms with E-state index in [1.54, 1.807) is 44.2 Å². The van der Waals surface area contributed by atoms with Gasteiger partial charge in [-0.3, -0.25) is 13.9 Å². The molecule has 0 amide bonds. The molecule has 0 bridgehead atoms. The first-order valence-corrected chi connectivity index (χ1v) is 13.7. The minimum atomic E-state index is -4.35. The number of nitrogen functional groups attached to an aromatic ring is 2. The molecule has 210 valence electrons. The number of nitrogens with one attached hydrogen (secondary N) is 1. The van der Waals surface area contributed by atoms with Crippen LogP contribution in [-0.2, 0) is 23.4 Å². The highest BCUT2D eigenvalue weighted by Gasteiger charge is 2.84. The molecule has 5 rings (SSSR count). The molecule has 0 spiro atoms. The molecule has 7 N–H and O–H groups in total. The van der Waals surface area contributed by atoms with Crippen LogP contribution in [0.15, 0.2) is 36.7 Å². The number of hydrogen-bond donors (Lipinski definition) is 5. The van der Waals surface area contributed by atoms with Crippen molar-refractivity contribution in [3.8, 4) is 5.75 Å². The second-order valence-corrected chi connectivity index (χ2v) is 11.6. The first-order valence-electron chi connectivity index (χ1n) is 12.1. The van der Waals surface area contributed by atoms with E-state index in [-0.39, 0.29) is 28.7 Å². The molecule has 7 atom stereocenters. The highest BCUT2D eigenvalue weighted by molar-refractivity contribution is 7.52. The van der Waals surface area contributed by atoms with Gasteiger partial charge in [0, 0.05) is 0 Å². The summed E-state index contributed by atoms with van der Waals surface area (Å²) in [6, 6.07) is 7.04. The molecule has 3 aromatic rings. The van der Waals surface area contributed by atoms with Gasteiger partial charge in [-0.2, -0.15) is 15.1 Å². The summed E-state index contributed by atoms with van der Waals surface area (Å²) < 4.78 is 37.8. The molecule has 1 saturated heterocycles. The van der Waals surface area contributed by atoms with Crippen LogP contribution in [0.5, 0.6) is 5.75 Å². The van der Waals surface area contributed by atoms with E-state index in [4.69, 9.17) is 30.0 Å². The number of rotatable bonds is 9. The third-order valence-corrected chi connectivity index (χ3v) is 8.26. The largest absolute Gasteiger partial charge is 0.462 e. The number of carbonyl (C=O) groups excluding carboxylic acids is 1. The number of imidazole rings is 1. The highest BCUT2D eigenvalue weighted by atomic mass is 31.2. The summed E-state index contributed by atoms with van der Waals surface area (Å²) in [6.07, 6.45) is -2.69. The molecule has 1 aromatic carbocycles. The van der Waals surface area contributed by atoms with Crippen LogP contribution in [0.3, 0.4) is 0 Å². The Morgan fingerprint density at radius 2 is 1.90 bits per heavy atom. The maximum atomic E-state index is 13.9. The number of aromatic nitrogens is 4. The number of anilines is 2. The van der Waals surface area contributed by atoms with Crippen LogP contribution < -0.4 is 21.1 Å². The van der Waals surface area contributed by atoms with Crippen LogP contribution in [0.1, 0.15) is 33.9 Å². The molecule has 1 unspecified atom stereocenters. The number of benzene rings is 1. The normalized spacial score (nSPS) is 30.1. The fourth-order valence-corrected chi connectivity index (χ4v) is 6.31. The maximum absolute atomic E-state index is 13.9. The van der Waals surface area contributed by atoms with Crippen molar-refractivity contribution in [2.24, 2.45) is 0 Å². The molecule has 39 heavy (non-hydrogen) atoms. The van der Waals surface area contributed by atoms with Crippen molar-refractivity contribution in [2.75, 3.05) is 11.5 Å². The lowest BCUT2D eigenvalue weighted by Gasteiger charge is -2.33. The zero-order valence-corrected chi connectivity index (χ0v) is 22.5. The van der Waals surface area contributed by atoms with Gasteiger partial charge in [0.25, 0.3) is 0 Å². The van der Waals surface area contributed by atoms with E-state index >= 15 is 0 Å². The van der Waals surface area contributed by atoms with Gasteiger partial charge in [-0.15, -0.1) is 0 Å². The lowest BCUT2D eigenvalue weighted by molar-refractivity contribution is -0.155. The van der Waals surface area contributed by atoms with E-state index in [1.807, 2.05) is 0 Å². The van der Waals surface area contributed by atoms with Crippen LogP contribution in [0, 0.1) is 0 Å². The van der Waals surface area contributed by atoms with Crippen molar-refractivity contribution in [2.45, 2.75) is 69.5 Å². The van der Waals surface area contributed by atoms with Crippen LogP contribution in [0.4, 0.5) is 11.8 Å². The number of aliphatic hydroxyl groups is 2. The Kier molecular flexibility index (Phi) is 6.57. The summed E-state index contributed by atoms with van der Waals surface area (Å²) in [5.74, 6) is -0.578. The number of esters is 1. The zero-order chi connectivity index (χ0) is 28.3. The fourth-order valence-electron chi connectivity index (χ4n) is 4.61. The molecule has 2 fully saturated rings. The Morgan fingerprint density at radius 3 is 2.51 bits per heavy atom. The Morgan fingerprint density at radius 1 is 1.21 bits per heavy atom. The number of ether oxygens (including phenoxy) is 2. The standard InChI is InChI=1S/C23H30N7O8P/c1-11(2)35-19(31)12(3)29-39(34,37-13-8-6-5-7-9-13)38-16-15-23(16,33)22(4,32)20(36-15)30-10-26-14-17(24)27-21(25)28-18(14)30/h5-12,15-16,20,32-33H,1-4H3,(H,29,34)(H4,24,25,27,28)/t12-,15+,16?,20+,22-,23-,39+/m0/s1. The van der Waals surface area contributed by atoms with Crippen LogP contribution >= 0.6 is 7.75 Å². The van der Waals surface area contributed by atoms with E-state index in [2.05, 4.69) is 20.0 Å². The van der Waals surface area contributed by atoms with Gasteiger partial charge in [0.1, 0.15) is 35.1 Å². The van der Waals surface area contributed by atoms with E-state index in [9.17, 15) is 19.6 Å². The van der Waals surface area contributed by atoms with Crippen LogP contribution in [0.25, 0.3) is 11.2 Å². The molecule has 16 heteroatoms. The predicted octanol–water partition coefficient (Wildman–Crippen LogP) is 0.886. The van der Waals surface area contributed by atoms with Gasteiger partial charge < -0.3 is 35.7 Å². The van der Waals surface area contributed by atoms with Gasteiger partial charge in [-0.25, -0.2) is 9.55 Å². The Labute approximate surface area is 223 Å². The number of carbonyl (C=O) groups is 1. The summed E-state index contributed by atoms with van der Waals surface area (Å²) >= 11 is 0. The SMILES string of the molecule is CC(C)OC(=O)[C@H](C)N[P@@](=O)(Oc1ccccc1)OC1[C@H]2O[C@@H](n3cnc4c(N)nc(N)nc43)[C@](C)(O)[C@@]12O.